The fourth-order valence-electron chi connectivity index (χ4n) is 4.57. The van der Waals surface area contributed by atoms with E-state index in [0.29, 0.717) is 35.2 Å². The van der Waals surface area contributed by atoms with Gasteiger partial charge in [-0.15, -0.1) is 0 Å². The van der Waals surface area contributed by atoms with Crippen molar-refractivity contribution >= 4 is 12.0 Å². The van der Waals surface area contributed by atoms with E-state index in [2.05, 4.69) is 5.32 Å². The predicted octanol–water partition coefficient (Wildman–Crippen LogP) is 6.10. The first kappa shape index (κ1) is 25.3. The molecule has 1 heterocycles. The maximum atomic E-state index is 15.0. The van der Waals surface area contributed by atoms with Crippen molar-refractivity contribution < 1.29 is 27.5 Å². The Balaban J connectivity index is 1.55. The predicted molar refractivity (Wildman–Crippen MR) is 129 cm³/mol. The molecule has 1 aliphatic heterocycles. The van der Waals surface area contributed by atoms with Crippen LogP contribution in [0.25, 0.3) is 11.1 Å². The van der Waals surface area contributed by atoms with Gasteiger partial charge in [0.25, 0.3) is 0 Å². The monoisotopic (exact) mass is 496 g/mol. The highest BCUT2D eigenvalue weighted by atomic mass is 19.1. The Morgan fingerprint density at radius 3 is 2.25 bits per heavy atom. The molecule has 188 valence electrons. The van der Waals surface area contributed by atoms with Gasteiger partial charge in [0.1, 0.15) is 23.1 Å². The summed E-state index contributed by atoms with van der Waals surface area (Å²) in [5.74, 6) is -1.49. The Morgan fingerprint density at radius 1 is 1.03 bits per heavy atom. The number of halogens is 3. The highest BCUT2D eigenvalue weighted by Gasteiger charge is 2.43. The van der Waals surface area contributed by atoms with Gasteiger partial charge in [0.05, 0.1) is 6.04 Å². The normalized spacial score (nSPS) is 18.5. The van der Waals surface area contributed by atoms with Crippen LogP contribution in [0.15, 0.2) is 66.7 Å². The Morgan fingerprint density at radius 2 is 1.67 bits per heavy atom. The van der Waals surface area contributed by atoms with Crippen LogP contribution in [0.1, 0.15) is 43.4 Å². The summed E-state index contributed by atoms with van der Waals surface area (Å²) in [5.41, 5.74) is 0.992. The van der Waals surface area contributed by atoms with Gasteiger partial charge in [0, 0.05) is 38.4 Å². The van der Waals surface area contributed by atoms with Crippen molar-refractivity contribution in [3.8, 4) is 11.1 Å². The van der Waals surface area contributed by atoms with E-state index in [-0.39, 0.29) is 18.7 Å². The van der Waals surface area contributed by atoms with Crippen molar-refractivity contribution in [2.45, 2.75) is 37.8 Å². The smallest absolute Gasteiger partial charge is 0.411 e. The van der Waals surface area contributed by atoms with Crippen molar-refractivity contribution in [1.82, 2.24) is 10.2 Å². The van der Waals surface area contributed by atoms with E-state index >= 15 is 0 Å². The van der Waals surface area contributed by atoms with Gasteiger partial charge in [-0.1, -0.05) is 36.4 Å². The molecule has 3 aromatic rings. The number of hydrogen-bond donors (Lipinski definition) is 1. The molecule has 0 unspecified atom stereocenters. The summed E-state index contributed by atoms with van der Waals surface area (Å²) >= 11 is 0. The van der Waals surface area contributed by atoms with Crippen molar-refractivity contribution in [3.05, 3.63) is 95.3 Å². The topological polar surface area (TPSA) is 58.6 Å². The lowest BCUT2D eigenvalue weighted by Crippen LogP contribution is -2.49. The molecule has 1 fully saturated rings. The van der Waals surface area contributed by atoms with E-state index in [1.165, 1.54) is 54.4 Å². The molecule has 0 radical (unpaired) electrons. The summed E-state index contributed by atoms with van der Waals surface area (Å²) in [7, 11) is 1.53. The molecule has 1 N–H and O–H groups in total. The molecular weight excluding hydrogens is 469 g/mol. The fourth-order valence-corrected chi connectivity index (χ4v) is 4.57. The van der Waals surface area contributed by atoms with Crippen LogP contribution < -0.4 is 5.32 Å². The van der Waals surface area contributed by atoms with Crippen molar-refractivity contribution in [2.24, 2.45) is 0 Å². The average molecular weight is 497 g/mol. The number of carbonyl (C=O) groups is 2. The molecule has 0 bridgehead atoms. The Bertz CT molecular complexity index is 1250. The summed E-state index contributed by atoms with van der Waals surface area (Å²) in [4.78, 5) is 26.6. The molecular formula is C28H27F3N2O3. The minimum atomic E-state index is -1.08. The second-order valence-corrected chi connectivity index (χ2v) is 8.91. The third kappa shape index (κ3) is 5.22. The lowest BCUT2D eigenvalue weighted by Gasteiger charge is -2.43. The lowest BCUT2D eigenvalue weighted by molar-refractivity contribution is -0.123. The van der Waals surface area contributed by atoms with E-state index in [0.717, 1.165) is 0 Å². The van der Waals surface area contributed by atoms with Gasteiger partial charge in [-0.2, -0.15) is 0 Å². The van der Waals surface area contributed by atoms with Crippen LogP contribution in [-0.2, 0) is 15.1 Å². The van der Waals surface area contributed by atoms with Crippen LogP contribution in [0.2, 0.25) is 0 Å². The van der Waals surface area contributed by atoms with Crippen molar-refractivity contribution in [2.75, 3.05) is 13.6 Å². The first-order valence-corrected chi connectivity index (χ1v) is 11.7. The molecule has 1 saturated heterocycles. The van der Waals surface area contributed by atoms with Crippen LogP contribution >= 0.6 is 0 Å². The third-order valence-corrected chi connectivity index (χ3v) is 6.78. The number of rotatable bonds is 7. The summed E-state index contributed by atoms with van der Waals surface area (Å²) in [5, 5.41) is 2.56. The Labute approximate surface area is 207 Å². The van der Waals surface area contributed by atoms with E-state index < -0.39 is 35.2 Å². The molecule has 3 aromatic carbocycles. The number of cyclic esters (lactones) is 1. The van der Waals surface area contributed by atoms with Crippen molar-refractivity contribution in [3.63, 3.8) is 0 Å². The van der Waals surface area contributed by atoms with Gasteiger partial charge in [-0.25, -0.2) is 18.0 Å². The lowest BCUT2D eigenvalue weighted by atomic mass is 9.84. The van der Waals surface area contributed by atoms with Gasteiger partial charge in [-0.05, 0) is 53.9 Å². The number of carbonyl (C=O) groups excluding carboxylic acids is 2. The minimum absolute atomic E-state index is 0.132. The summed E-state index contributed by atoms with van der Waals surface area (Å²) in [6.45, 7) is 2.08. The molecule has 4 rings (SSSR count). The first-order valence-electron chi connectivity index (χ1n) is 11.7. The Hall–Kier alpha value is -3.81. The third-order valence-electron chi connectivity index (χ3n) is 6.78. The molecule has 5 nitrogen and oxygen atoms in total. The van der Waals surface area contributed by atoms with E-state index in [1.807, 2.05) is 0 Å². The van der Waals surface area contributed by atoms with E-state index in [9.17, 15) is 22.8 Å². The zero-order valence-electron chi connectivity index (χ0n) is 20.1. The molecule has 2 atom stereocenters. The minimum Gasteiger partial charge on any atom is -0.438 e. The number of amides is 2. The van der Waals surface area contributed by atoms with Crippen LogP contribution in [-0.4, -0.2) is 30.5 Å². The largest absolute Gasteiger partial charge is 0.438 e. The molecule has 1 aliphatic rings. The zero-order valence-corrected chi connectivity index (χ0v) is 20.1. The average Bonchev–Trinajstić information content (AvgIpc) is 2.88. The van der Waals surface area contributed by atoms with Crippen molar-refractivity contribution in [1.29, 1.82) is 0 Å². The molecule has 2 amide bonds. The maximum absolute atomic E-state index is 15.0. The molecule has 0 saturated carbocycles. The molecule has 36 heavy (non-hydrogen) atoms. The first-order chi connectivity index (χ1) is 17.2. The van der Waals surface area contributed by atoms with Crippen LogP contribution in [0.5, 0.6) is 0 Å². The summed E-state index contributed by atoms with van der Waals surface area (Å²) in [6, 6.07) is 15.5. The second kappa shape index (κ2) is 10.4. The zero-order chi connectivity index (χ0) is 25.9. The Kier molecular flexibility index (Phi) is 7.33. The van der Waals surface area contributed by atoms with Gasteiger partial charge < -0.3 is 15.0 Å². The number of hydrogen-bond acceptors (Lipinski definition) is 3. The van der Waals surface area contributed by atoms with Crippen LogP contribution in [0.3, 0.4) is 0 Å². The maximum Gasteiger partial charge on any atom is 0.411 e. The molecule has 0 aromatic heterocycles. The number of nitrogens with one attached hydrogen (secondary N) is 1. The van der Waals surface area contributed by atoms with Gasteiger partial charge in [0.2, 0.25) is 5.91 Å². The van der Waals surface area contributed by atoms with Gasteiger partial charge in [0.15, 0.2) is 0 Å². The highest BCUT2D eigenvalue weighted by Crippen LogP contribution is 2.41. The van der Waals surface area contributed by atoms with Crippen LogP contribution in [0.4, 0.5) is 18.0 Å². The summed E-state index contributed by atoms with van der Waals surface area (Å²) in [6.07, 6.45) is 0.153. The standard InChI is InChI=1S/C28H27F3N2O3/c1-18(20-5-12-24(25(31)17-20)19-3-8-22(29)9-4-19)33-16-15-28(36-27(33)35,14-13-26(34)32-2)21-6-10-23(30)11-7-21/h3-12,17-18H,13-16H2,1-2H3,(H,32,34)/t18-,28+/m0/s1. The number of nitrogens with zero attached hydrogens (tertiary/aromatic N) is 1. The molecule has 8 heteroatoms. The van der Waals surface area contributed by atoms with Gasteiger partial charge in [-0.3, -0.25) is 4.79 Å². The fraction of sp³-hybridized carbons (Fsp3) is 0.286. The highest BCUT2D eigenvalue weighted by molar-refractivity contribution is 5.76. The van der Waals surface area contributed by atoms with Crippen LogP contribution in [0, 0.1) is 17.5 Å². The quantitative estimate of drug-likeness (QED) is 0.430. The summed E-state index contributed by atoms with van der Waals surface area (Å²) < 4.78 is 47.7. The number of benzene rings is 3. The molecule has 0 aliphatic carbocycles. The molecule has 0 spiro atoms. The number of ether oxygens (including phenoxy) is 1. The van der Waals surface area contributed by atoms with E-state index in [4.69, 9.17) is 4.74 Å². The SMILES string of the molecule is CNC(=O)CC[C@]1(c2ccc(F)cc2)CCN([C@@H](C)c2ccc(-c3ccc(F)cc3)c(F)c2)C(=O)O1. The van der Waals surface area contributed by atoms with Gasteiger partial charge >= 0.3 is 6.09 Å². The second-order valence-electron chi connectivity index (χ2n) is 8.91. The van der Waals surface area contributed by atoms with E-state index in [1.54, 1.807) is 31.2 Å².